The van der Waals surface area contributed by atoms with Crippen LogP contribution in [-0.4, -0.2) is 34.1 Å². The maximum atomic E-state index is 12.8. The fourth-order valence-corrected chi connectivity index (χ4v) is 3.96. The molecule has 0 aliphatic heterocycles. The first kappa shape index (κ1) is 23.7. The van der Waals surface area contributed by atoms with E-state index in [4.69, 9.17) is 6.42 Å². The van der Waals surface area contributed by atoms with Gasteiger partial charge in [0, 0.05) is 17.8 Å². The molecule has 0 fully saturated rings. The highest BCUT2D eigenvalue weighted by Gasteiger charge is 2.15. The van der Waals surface area contributed by atoms with E-state index in [0.29, 0.717) is 35.4 Å². The van der Waals surface area contributed by atoms with Gasteiger partial charge in [-0.3, -0.25) is 9.59 Å². The summed E-state index contributed by atoms with van der Waals surface area (Å²) < 4.78 is 0. The lowest BCUT2D eigenvalue weighted by Gasteiger charge is -2.23. The Kier molecular flexibility index (Phi) is 7.24. The molecule has 0 saturated heterocycles. The Labute approximate surface area is 203 Å². The van der Waals surface area contributed by atoms with Crippen LogP contribution in [0.15, 0.2) is 77.6 Å². The fourth-order valence-electron chi connectivity index (χ4n) is 3.96. The molecule has 7 heteroatoms. The molecule has 1 heterocycles. The molecule has 0 aliphatic carbocycles. The second-order valence-corrected chi connectivity index (χ2v) is 8.23. The van der Waals surface area contributed by atoms with Crippen LogP contribution in [0.5, 0.6) is 0 Å². The molecule has 4 aromatic rings. The van der Waals surface area contributed by atoms with E-state index in [-0.39, 0.29) is 18.1 Å². The molecular weight excluding hydrogens is 440 g/mol. The van der Waals surface area contributed by atoms with Crippen LogP contribution in [0.1, 0.15) is 33.4 Å². The van der Waals surface area contributed by atoms with E-state index in [2.05, 4.69) is 21.2 Å². The molecule has 1 aromatic heterocycles. The minimum absolute atomic E-state index is 0.176. The molecule has 0 spiro atoms. The molecule has 0 saturated carbocycles. The number of carbonyl (C=O) groups is 1. The summed E-state index contributed by atoms with van der Waals surface area (Å²) in [5.41, 5.74) is 3.54. The second kappa shape index (κ2) is 10.7. The number of anilines is 1. The number of nitrogens with zero attached hydrogens (tertiary/aromatic N) is 2. The van der Waals surface area contributed by atoms with Crippen LogP contribution in [-0.2, 0) is 6.54 Å². The van der Waals surface area contributed by atoms with Crippen molar-refractivity contribution in [2.45, 2.75) is 19.5 Å². The number of H-pyrrole nitrogens is 1. The Morgan fingerprint density at radius 1 is 1.14 bits per heavy atom. The fraction of sp³-hybridized carbons (Fsp3) is 0.179. The number of hydrogen-bond donors (Lipinski definition) is 3. The third-order valence-electron chi connectivity index (χ3n) is 5.73. The van der Waals surface area contributed by atoms with Crippen molar-refractivity contribution in [3.63, 3.8) is 0 Å². The van der Waals surface area contributed by atoms with Crippen molar-refractivity contribution in [2.24, 2.45) is 0 Å². The Morgan fingerprint density at radius 2 is 1.89 bits per heavy atom. The Morgan fingerprint density at radius 3 is 2.57 bits per heavy atom. The Balaban J connectivity index is 1.51. The number of hydrogen-bond acceptors (Lipinski definition) is 5. The Bertz CT molecular complexity index is 1420. The van der Waals surface area contributed by atoms with E-state index < -0.39 is 6.04 Å². The van der Waals surface area contributed by atoms with Crippen LogP contribution >= 0.6 is 0 Å². The van der Waals surface area contributed by atoms with E-state index in [9.17, 15) is 14.7 Å². The highest BCUT2D eigenvalue weighted by molar-refractivity contribution is 5.94. The number of rotatable bonds is 8. The van der Waals surface area contributed by atoms with E-state index in [1.165, 1.54) is 0 Å². The van der Waals surface area contributed by atoms with Gasteiger partial charge in [0.1, 0.15) is 5.82 Å². The molecule has 7 nitrogen and oxygen atoms in total. The van der Waals surface area contributed by atoms with Crippen molar-refractivity contribution in [2.75, 3.05) is 18.1 Å². The molecule has 1 amide bonds. The van der Waals surface area contributed by atoms with Gasteiger partial charge >= 0.3 is 0 Å². The number of fused-ring (bicyclic) bond motifs is 1. The van der Waals surface area contributed by atoms with Gasteiger partial charge in [-0.1, -0.05) is 42.3 Å². The molecule has 0 aliphatic rings. The summed E-state index contributed by atoms with van der Waals surface area (Å²) in [5, 5.41) is 13.1. The van der Waals surface area contributed by atoms with Gasteiger partial charge in [0.05, 0.1) is 30.1 Å². The van der Waals surface area contributed by atoms with Crippen molar-refractivity contribution in [1.29, 1.82) is 0 Å². The van der Waals surface area contributed by atoms with Crippen molar-refractivity contribution in [1.82, 2.24) is 15.3 Å². The van der Waals surface area contributed by atoms with Gasteiger partial charge in [-0.2, -0.15) is 0 Å². The summed E-state index contributed by atoms with van der Waals surface area (Å²) in [6.45, 7) is 2.39. The summed E-state index contributed by atoms with van der Waals surface area (Å²) in [5.74, 6) is 2.96. The number of aryl methyl sites for hydroxylation is 1. The van der Waals surface area contributed by atoms with Crippen molar-refractivity contribution < 1.29 is 9.90 Å². The lowest BCUT2D eigenvalue weighted by molar-refractivity contribution is 0.0916. The third-order valence-corrected chi connectivity index (χ3v) is 5.73. The summed E-state index contributed by atoms with van der Waals surface area (Å²) in [4.78, 5) is 34.2. The average Bonchev–Trinajstić information content (AvgIpc) is 2.88. The lowest BCUT2D eigenvalue weighted by Crippen LogP contribution is -2.30. The number of terminal acetylenes is 1. The highest BCUT2D eigenvalue weighted by Crippen LogP contribution is 2.20. The van der Waals surface area contributed by atoms with Crippen molar-refractivity contribution in [3.8, 4) is 12.3 Å². The molecule has 0 bridgehead atoms. The lowest BCUT2D eigenvalue weighted by atomic mass is 10.1. The predicted molar refractivity (Wildman–Crippen MR) is 137 cm³/mol. The monoisotopic (exact) mass is 466 g/mol. The van der Waals surface area contributed by atoms with Gasteiger partial charge < -0.3 is 20.3 Å². The van der Waals surface area contributed by atoms with Crippen molar-refractivity contribution >= 4 is 22.5 Å². The highest BCUT2D eigenvalue weighted by atomic mass is 16.3. The van der Waals surface area contributed by atoms with E-state index in [1.807, 2.05) is 65.6 Å². The summed E-state index contributed by atoms with van der Waals surface area (Å²) in [6, 6.07) is 21.6. The predicted octanol–water partition coefficient (Wildman–Crippen LogP) is 3.33. The summed E-state index contributed by atoms with van der Waals surface area (Å²) in [6.07, 6.45) is 5.61. The van der Waals surface area contributed by atoms with Gasteiger partial charge in [-0.15, -0.1) is 6.42 Å². The van der Waals surface area contributed by atoms with E-state index >= 15 is 0 Å². The number of aliphatic hydroxyl groups excluding tert-OH is 1. The average molecular weight is 467 g/mol. The smallest absolute Gasteiger partial charge is 0.258 e. The number of amides is 1. The zero-order valence-corrected chi connectivity index (χ0v) is 19.4. The SMILES string of the molecule is C#CCN(Cc1ccc2nc(C)[nH]c(=O)c2c1)c1ccc(C(=O)N[C@@H](CO)c2ccccc2)cc1. The summed E-state index contributed by atoms with van der Waals surface area (Å²) in [7, 11) is 0. The normalized spacial score (nSPS) is 11.6. The maximum Gasteiger partial charge on any atom is 0.258 e. The zero-order valence-electron chi connectivity index (χ0n) is 19.4. The van der Waals surface area contributed by atoms with Gasteiger partial charge in [0.2, 0.25) is 0 Å². The molecule has 3 N–H and O–H groups in total. The molecule has 3 aromatic carbocycles. The molecule has 1 atom stereocenters. The van der Waals surface area contributed by atoms with Gasteiger partial charge in [-0.05, 0) is 54.4 Å². The molecule has 0 radical (unpaired) electrons. The first-order chi connectivity index (χ1) is 17.0. The number of benzene rings is 3. The van der Waals surface area contributed by atoms with Gasteiger partial charge in [0.25, 0.3) is 11.5 Å². The number of carbonyl (C=O) groups excluding carboxylic acids is 1. The summed E-state index contributed by atoms with van der Waals surface area (Å²) >= 11 is 0. The molecule has 4 rings (SSSR count). The topological polar surface area (TPSA) is 98.3 Å². The first-order valence-corrected chi connectivity index (χ1v) is 11.2. The minimum Gasteiger partial charge on any atom is -0.394 e. The van der Waals surface area contributed by atoms with Gasteiger partial charge in [-0.25, -0.2) is 4.98 Å². The number of aromatic amines is 1. The minimum atomic E-state index is -0.490. The van der Waals surface area contributed by atoms with Crippen LogP contribution in [0.2, 0.25) is 0 Å². The standard InChI is InChI=1S/C28H26N4O3/c1-3-15-32(17-20-9-14-25-24(16-20)28(35)30-19(2)29-25)23-12-10-22(11-13-23)27(34)31-26(18-33)21-7-5-4-6-8-21/h1,4-14,16,26,33H,15,17-18H2,2H3,(H,31,34)(H,29,30,35)/t26-/m0/s1. The van der Waals surface area contributed by atoms with Crippen LogP contribution in [0.4, 0.5) is 5.69 Å². The van der Waals surface area contributed by atoms with Crippen LogP contribution in [0.3, 0.4) is 0 Å². The largest absolute Gasteiger partial charge is 0.394 e. The van der Waals surface area contributed by atoms with E-state index in [1.54, 1.807) is 19.1 Å². The van der Waals surface area contributed by atoms with Crippen LogP contribution in [0, 0.1) is 19.3 Å². The molecule has 0 unspecified atom stereocenters. The van der Waals surface area contributed by atoms with Crippen LogP contribution < -0.4 is 15.8 Å². The molecule has 35 heavy (non-hydrogen) atoms. The maximum absolute atomic E-state index is 12.8. The number of aliphatic hydroxyl groups is 1. The van der Waals surface area contributed by atoms with Gasteiger partial charge in [0.15, 0.2) is 0 Å². The zero-order chi connectivity index (χ0) is 24.8. The van der Waals surface area contributed by atoms with Crippen LogP contribution in [0.25, 0.3) is 10.9 Å². The first-order valence-electron chi connectivity index (χ1n) is 11.2. The molecule has 176 valence electrons. The molecular formula is C28H26N4O3. The second-order valence-electron chi connectivity index (χ2n) is 8.23. The van der Waals surface area contributed by atoms with E-state index in [0.717, 1.165) is 16.8 Å². The Hall–Kier alpha value is -4.41. The van der Waals surface area contributed by atoms with Crippen molar-refractivity contribution in [3.05, 3.63) is 106 Å². The third kappa shape index (κ3) is 5.57. The number of nitrogens with one attached hydrogen (secondary N) is 2. The number of aromatic nitrogens is 2. The quantitative estimate of drug-likeness (QED) is 0.346.